The molecule has 4 aliphatic rings. The van der Waals surface area contributed by atoms with Crippen LogP contribution < -0.4 is 10.6 Å². The van der Waals surface area contributed by atoms with E-state index in [0.29, 0.717) is 5.54 Å². The van der Waals surface area contributed by atoms with Crippen LogP contribution in [-0.2, 0) is 4.79 Å². The molecule has 0 saturated heterocycles. The van der Waals surface area contributed by atoms with Crippen LogP contribution in [0.5, 0.6) is 0 Å². The highest BCUT2D eigenvalue weighted by atomic mass is 16.1. The molecule has 4 fully saturated rings. The summed E-state index contributed by atoms with van der Waals surface area (Å²) in [6.07, 6.45) is 16.5. The van der Waals surface area contributed by atoms with Crippen molar-refractivity contribution >= 4 is 5.91 Å². The van der Waals surface area contributed by atoms with Crippen LogP contribution in [0.2, 0.25) is 0 Å². The summed E-state index contributed by atoms with van der Waals surface area (Å²) in [5, 5.41) is 6.83. The molecule has 0 spiro atoms. The molecule has 20 heavy (non-hydrogen) atoms. The summed E-state index contributed by atoms with van der Waals surface area (Å²) < 4.78 is 0. The van der Waals surface area contributed by atoms with Crippen LogP contribution in [0.3, 0.4) is 0 Å². The topological polar surface area (TPSA) is 41.1 Å². The smallest absolute Gasteiger partial charge is 0.245 e. The molecule has 1 amide bonds. The lowest BCUT2D eigenvalue weighted by atomic mass is 9.93. The monoisotopic (exact) mass is 274 g/mol. The van der Waals surface area contributed by atoms with E-state index in [0.717, 1.165) is 11.8 Å². The average Bonchev–Trinajstić information content (AvgIpc) is 3.17. The van der Waals surface area contributed by atoms with Gasteiger partial charge in [-0.25, -0.2) is 0 Å². The van der Waals surface area contributed by atoms with Crippen LogP contribution >= 0.6 is 0 Å². The molecule has 3 heteroatoms. The molecule has 0 aliphatic heterocycles. The van der Waals surface area contributed by atoms with E-state index in [1.807, 2.05) is 6.20 Å². The molecule has 3 nitrogen and oxygen atoms in total. The van der Waals surface area contributed by atoms with E-state index >= 15 is 0 Å². The van der Waals surface area contributed by atoms with Gasteiger partial charge in [0.1, 0.15) is 0 Å². The van der Waals surface area contributed by atoms with Crippen LogP contribution in [-0.4, -0.2) is 17.0 Å². The molecular weight excluding hydrogens is 248 g/mol. The maximum Gasteiger partial charge on any atom is 0.245 e. The zero-order valence-corrected chi connectivity index (χ0v) is 12.3. The zero-order chi connectivity index (χ0) is 13.6. The lowest BCUT2D eigenvalue weighted by molar-refractivity contribution is -0.118. The van der Waals surface area contributed by atoms with Gasteiger partial charge in [-0.15, -0.1) is 0 Å². The Kier molecular flexibility index (Phi) is 2.87. The number of nitrogens with one attached hydrogen (secondary N) is 2. The first-order valence-electron chi connectivity index (χ1n) is 8.44. The number of carbonyl (C=O) groups excluding carboxylic acids is 1. The van der Waals surface area contributed by atoms with E-state index in [9.17, 15) is 4.79 Å². The third-order valence-electron chi connectivity index (χ3n) is 6.50. The van der Waals surface area contributed by atoms with Gasteiger partial charge in [0, 0.05) is 23.4 Å². The first kappa shape index (κ1) is 12.7. The first-order chi connectivity index (χ1) is 9.67. The quantitative estimate of drug-likeness (QED) is 0.774. The molecule has 0 aromatic carbocycles. The summed E-state index contributed by atoms with van der Waals surface area (Å²) in [5.74, 6) is 1.92. The van der Waals surface area contributed by atoms with Crippen molar-refractivity contribution in [1.29, 1.82) is 0 Å². The highest BCUT2D eigenvalue weighted by Crippen LogP contribution is 2.48. The summed E-state index contributed by atoms with van der Waals surface area (Å²) in [7, 11) is 0. The van der Waals surface area contributed by atoms with Crippen LogP contribution in [0, 0.1) is 11.8 Å². The molecule has 0 aromatic rings. The molecule has 110 valence electrons. The third kappa shape index (κ3) is 2.15. The number of amides is 1. The standard InChI is InChI=1S/C17H26N2O/c20-15(19-17-8-3-14(12-17)4-9-17)5-10-18-16-6-1-13(11-16)2-7-16/h5,10,13-14,18H,1-4,6-9,11-12H2,(H,19,20). The molecule has 4 aliphatic carbocycles. The summed E-state index contributed by atoms with van der Waals surface area (Å²) in [4.78, 5) is 12.1. The van der Waals surface area contributed by atoms with Crippen molar-refractivity contribution in [3.8, 4) is 0 Å². The molecule has 0 atom stereocenters. The van der Waals surface area contributed by atoms with Crippen LogP contribution in [0.4, 0.5) is 0 Å². The number of hydrogen-bond acceptors (Lipinski definition) is 2. The fourth-order valence-corrected chi connectivity index (χ4v) is 5.36. The predicted octanol–water partition coefficient (Wildman–Crippen LogP) is 2.87. The molecule has 2 N–H and O–H groups in total. The Bertz CT molecular complexity index is 426. The van der Waals surface area contributed by atoms with E-state index in [-0.39, 0.29) is 11.4 Å². The highest BCUT2D eigenvalue weighted by molar-refractivity contribution is 5.88. The van der Waals surface area contributed by atoms with Crippen molar-refractivity contribution in [1.82, 2.24) is 10.6 Å². The third-order valence-corrected chi connectivity index (χ3v) is 6.50. The van der Waals surface area contributed by atoms with Gasteiger partial charge in [-0.3, -0.25) is 4.79 Å². The maximum atomic E-state index is 12.1. The molecular formula is C17H26N2O. The van der Waals surface area contributed by atoms with Gasteiger partial charge in [-0.1, -0.05) is 0 Å². The van der Waals surface area contributed by atoms with Crippen molar-refractivity contribution in [2.45, 2.75) is 75.3 Å². The predicted molar refractivity (Wildman–Crippen MR) is 79.0 cm³/mol. The van der Waals surface area contributed by atoms with Crippen molar-refractivity contribution in [2.75, 3.05) is 0 Å². The van der Waals surface area contributed by atoms with Gasteiger partial charge in [0.05, 0.1) is 0 Å². The second kappa shape index (κ2) is 4.51. The molecule has 4 saturated carbocycles. The SMILES string of the molecule is O=C(C=CNC12CCC(CC1)C2)NC12CCC(CC1)C2. The van der Waals surface area contributed by atoms with Gasteiger partial charge in [-0.05, 0) is 76.0 Å². The van der Waals surface area contributed by atoms with Crippen molar-refractivity contribution in [3.63, 3.8) is 0 Å². The first-order valence-corrected chi connectivity index (χ1v) is 8.44. The van der Waals surface area contributed by atoms with E-state index in [2.05, 4.69) is 10.6 Å². The van der Waals surface area contributed by atoms with Crippen LogP contribution in [0.1, 0.15) is 64.2 Å². The average molecular weight is 274 g/mol. The highest BCUT2D eigenvalue weighted by Gasteiger charge is 2.46. The van der Waals surface area contributed by atoms with Gasteiger partial charge in [0.2, 0.25) is 5.91 Å². The summed E-state index contributed by atoms with van der Waals surface area (Å²) >= 11 is 0. The number of carbonyl (C=O) groups is 1. The molecule has 0 unspecified atom stereocenters. The largest absolute Gasteiger partial charge is 0.385 e. The van der Waals surface area contributed by atoms with Crippen LogP contribution in [0.25, 0.3) is 0 Å². The molecule has 4 rings (SSSR count). The molecule has 0 heterocycles. The van der Waals surface area contributed by atoms with E-state index in [1.54, 1.807) is 6.08 Å². The lowest BCUT2D eigenvalue weighted by Crippen LogP contribution is -2.44. The normalized spacial score (nSPS) is 45.4. The second-order valence-corrected chi connectivity index (χ2v) is 7.82. The van der Waals surface area contributed by atoms with Crippen LogP contribution in [0.15, 0.2) is 12.3 Å². The fraction of sp³-hybridized carbons (Fsp3) is 0.824. The van der Waals surface area contributed by atoms with Gasteiger partial charge < -0.3 is 10.6 Å². The van der Waals surface area contributed by atoms with Gasteiger partial charge >= 0.3 is 0 Å². The minimum Gasteiger partial charge on any atom is -0.385 e. The van der Waals surface area contributed by atoms with E-state index < -0.39 is 0 Å². The minimum absolute atomic E-state index is 0.101. The number of fused-ring (bicyclic) bond motifs is 4. The van der Waals surface area contributed by atoms with Gasteiger partial charge in [-0.2, -0.15) is 0 Å². The zero-order valence-electron chi connectivity index (χ0n) is 12.3. The Hall–Kier alpha value is -0.990. The second-order valence-electron chi connectivity index (χ2n) is 7.82. The number of hydrogen-bond donors (Lipinski definition) is 2. The van der Waals surface area contributed by atoms with Gasteiger partial charge in [0.25, 0.3) is 0 Å². The maximum absolute atomic E-state index is 12.1. The Balaban J connectivity index is 1.30. The Morgan fingerprint density at radius 3 is 1.95 bits per heavy atom. The van der Waals surface area contributed by atoms with Crippen molar-refractivity contribution in [3.05, 3.63) is 12.3 Å². The summed E-state index contributed by atoms with van der Waals surface area (Å²) in [6.45, 7) is 0. The summed E-state index contributed by atoms with van der Waals surface area (Å²) in [6, 6.07) is 0. The van der Waals surface area contributed by atoms with Crippen molar-refractivity contribution in [2.24, 2.45) is 11.8 Å². The minimum atomic E-state index is 0.101. The summed E-state index contributed by atoms with van der Waals surface area (Å²) in [5.41, 5.74) is 0.474. The molecule has 4 bridgehead atoms. The Labute approximate surface area is 121 Å². The van der Waals surface area contributed by atoms with E-state index in [4.69, 9.17) is 0 Å². The van der Waals surface area contributed by atoms with Crippen molar-refractivity contribution < 1.29 is 4.79 Å². The molecule has 0 aromatic heterocycles. The molecule has 0 radical (unpaired) electrons. The Morgan fingerprint density at radius 1 is 0.900 bits per heavy atom. The fourth-order valence-electron chi connectivity index (χ4n) is 5.36. The Morgan fingerprint density at radius 2 is 1.45 bits per heavy atom. The van der Waals surface area contributed by atoms with E-state index in [1.165, 1.54) is 64.2 Å². The van der Waals surface area contributed by atoms with Gasteiger partial charge in [0.15, 0.2) is 0 Å². The number of rotatable bonds is 4. The lowest BCUT2D eigenvalue weighted by Gasteiger charge is -2.28.